The second-order valence-corrected chi connectivity index (χ2v) is 4.69. The number of carbonyl (C=O) groups excluding carboxylic acids is 1. The Morgan fingerprint density at radius 3 is 2.32 bits per heavy atom. The number of esters is 1. The second kappa shape index (κ2) is 7.69. The first-order chi connectivity index (χ1) is 8.64. The molecule has 114 valence electrons. The highest BCUT2D eigenvalue weighted by Crippen LogP contribution is 2.20. The largest absolute Gasteiger partial charge is 0.465 e. The highest BCUT2D eigenvalue weighted by atomic mass is 19.4. The van der Waals surface area contributed by atoms with Gasteiger partial charge < -0.3 is 15.0 Å². The minimum atomic E-state index is -4.19. The van der Waals surface area contributed by atoms with Gasteiger partial charge in [-0.3, -0.25) is 4.79 Å². The lowest BCUT2D eigenvalue weighted by Crippen LogP contribution is -2.57. The molecule has 1 N–H and O–H groups in total. The first kappa shape index (κ1) is 18.2. The maximum Gasteiger partial charge on any atom is 0.390 e. The van der Waals surface area contributed by atoms with Crippen LogP contribution in [-0.2, 0) is 9.53 Å². The van der Waals surface area contributed by atoms with Gasteiger partial charge in [0.1, 0.15) is 5.54 Å². The molecule has 0 rings (SSSR count). The molecule has 0 aromatic carbocycles. The zero-order chi connectivity index (χ0) is 15.1. The molecule has 0 fully saturated rings. The van der Waals surface area contributed by atoms with Crippen molar-refractivity contribution in [1.29, 1.82) is 0 Å². The van der Waals surface area contributed by atoms with Crippen LogP contribution in [0, 0.1) is 0 Å². The monoisotopic (exact) mass is 284 g/mol. The minimum absolute atomic E-state index is 0.149. The van der Waals surface area contributed by atoms with Gasteiger partial charge >= 0.3 is 12.1 Å². The molecule has 0 aliphatic heterocycles. The fraction of sp³-hybridized carbons (Fsp3) is 0.917. The molecule has 0 amide bonds. The van der Waals surface area contributed by atoms with Crippen LogP contribution in [0.2, 0.25) is 0 Å². The molecule has 0 aliphatic carbocycles. The number of carbonyl (C=O) groups is 1. The first-order valence-electron chi connectivity index (χ1n) is 6.32. The Hall–Kier alpha value is -0.820. The average Bonchev–Trinajstić information content (AvgIpc) is 2.26. The summed E-state index contributed by atoms with van der Waals surface area (Å²) in [5.74, 6) is -0.448. The number of rotatable bonds is 8. The van der Waals surface area contributed by atoms with Gasteiger partial charge in [-0.05, 0) is 27.4 Å². The van der Waals surface area contributed by atoms with Crippen molar-refractivity contribution in [2.24, 2.45) is 0 Å². The Bertz CT molecular complexity index is 285. The van der Waals surface area contributed by atoms with Gasteiger partial charge in [-0.15, -0.1) is 0 Å². The summed E-state index contributed by atoms with van der Waals surface area (Å²) in [7, 11) is 1.56. The molecule has 4 nitrogen and oxygen atoms in total. The van der Waals surface area contributed by atoms with Gasteiger partial charge in [-0.2, -0.15) is 13.2 Å². The van der Waals surface area contributed by atoms with E-state index in [1.807, 2.05) is 6.92 Å². The number of alkyl halides is 3. The molecule has 0 aromatic heterocycles. The molecule has 1 atom stereocenters. The number of halogens is 3. The van der Waals surface area contributed by atoms with E-state index in [2.05, 4.69) is 5.32 Å². The molecule has 0 heterocycles. The Morgan fingerprint density at radius 1 is 1.32 bits per heavy atom. The van der Waals surface area contributed by atoms with E-state index in [0.717, 1.165) is 0 Å². The molecule has 0 aliphatic rings. The maximum absolute atomic E-state index is 12.1. The van der Waals surface area contributed by atoms with Crippen molar-refractivity contribution >= 4 is 5.97 Å². The van der Waals surface area contributed by atoms with E-state index in [0.29, 0.717) is 6.54 Å². The number of ether oxygens (including phenoxy) is 1. The summed E-state index contributed by atoms with van der Waals surface area (Å²) >= 11 is 0. The van der Waals surface area contributed by atoms with Crippen LogP contribution in [0.3, 0.4) is 0 Å². The predicted octanol–water partition coefficient (Wildman–Crippen LogP) is 1.80. The number of nitrogens with one attached hydrogen (secondary N) is 1. The Morgan fingerprint density at radius 2 is 1.89 bits per heavy atom. The molecule has 1 unspecified atom stereocenters. The van der Waals surface area contributed by atoms with Gasteiger partial charge in [0.25, 0.3) is 0 Å². The molecule has 0 saturated carbocycles. The van der Waals surface area contributed by atoms with E-state index in [-0.39, 0.29) is 19.7 Å². The molecule has 0 spiro atoms. The van der Waals surface area contributed by atoms with Crippen molar-refractivity contribution in [3.63, 3.8) is 0 Å². The fourth-order valence-corrected chi connectivity index (χ4v) is 1.81. The van der Waals surface area contributed by atoms with Crippen LogP contribution in [0.5, 0.6) is 0 Å². The van der Waals surface area contributed by atoms with E-state index in [1.165, 1.54) is 4.90 Å². The van der Waals surface area contributed by atoms with E-state index >= 15 is 0 Å². The van der Waals surface area contributed by atoms with Crippen molar-refractivity contribution in [3.05, 3.63) is 0 Å². The summed E-state index contributed by atoms with van der Waals surface area (Å²) in [6, 6.07) is 0. The van der Waals surface area contributed by atoms with Gasteiger partial charge in [-0.25, -0.2) is 0 Å². The van der Waals surface area contributed by atoms with Crippen LogP contribution < -0.4 is 5.32 Å². The Labute approximate surface area is 112 Å². The van der Waals surface area contributed by atoms with Crippen LogP contribution in [-0.4, -0.2) is 55.9 Å². The average molecular weight is 284 g/mol. The Balaban J connectivity index is 4.52. The van der Waals surface area contributed by atoms with Gasteiger partial charge in [-0.1, -0.05) is 6.92 Å². The normalized spacial score (nSPS) is 15.4. The van der Waals surface area contributed by atoms with Crippen molar-refractivity contribution < 1.29 is 22.7 Å². The fourth-order valence-electron chi connectivity index (χ4n) is 1.81. The van der Waals surface area contributed by atoms with Crippen molar-refractivity contribution in [2.45, 2.75) is 38.9 Å². The third-order valence-electron chi connectivity index (χ3n) is 2.66. The molecule has 0 bridgehead atoms. The number of hydrogen-bond donors (Lipinski definition) is 1. The minimum Gasteiger partial charge on any atom is -0.465 e. The lowest BCUT2D eigenvalue weighted by molar-refractivity contribution is -0.152. The standard InChI is InChI=1S/C12H23F3N2O2/c1-5-16-11(3,10(18)19-6-2)9-17(4)8-7-12(13,14)15/h16H,5-9H2,1-4H3. The molecule has 19 heavy (non-hydrogen) atoms. The summed E-state index contributed by atoms with van der Waals surface area (Å²) in [6.45, 7) is 5.94. The van der Waals surface area contributed by atoms with Gasteiger partial charge in [0, 0.05) is 13.1 Å². The van der Waals surface area contributed by atoms with Crippen molar-refractivity contribution in [1.82, 2.24) is 10.2 Å². The first-order valence-corrected chi connectivity index (χ1v) is 6.32. The van der Waals surface area contributed by atoms with Crippen molar-refractivity contribution in [2.75, 3.05) is 33.3 Å². The third-order valence-corrected chi connectivity index (χ3v) is 2.66. The number of hydrogen-bond acceptors (Lipinski definition) is 4. The quantitative estimate of drug-likeness (QED) is 0.690. The highest BCUT2D eigenvalue weighted by Gasteiger charge is 2.36. The van der Waals surface area contributed by atoms with Crippen LogP contribution in [0.4, 0.5) is 13.2 Å². The summed E-state index contributed by atoms with van der Waals surface area (Å²) in [6.07, 6.45) is -5.08. The number of nitrogens with zero attached hydrogens (tertiary/aromatic N) is 1. The predicted molar refractivity (Wildman–Crippen MR) is 66.9 cm³/mol. The van der Waals surface area contributed by atoms with E-state index in [4.69, 9.17) is 4.74 Å². The summed E-state index contributed by atoms with van der Waals surface area (Å²) in [5, 5.41) is 2.97. The maximum atomic E-state index is 12.1. The Kier molecular flexibility index (Phi) is 7.36. The molecule has 7 heteroatoms. The van der Waals surface area contributed by atoms with E-state index in [9.17, 15) is 18.0 Å². The molecule has 0 aromatic rings. The zero-order valence-electron chi connectivity index (χ0n) is 11.9. The van der Waals surface area contributed by atoms with Crippen LogP contribution in [0.1, 0.15) is 27.2 Å². The summed E-state index contributed by atoms with van der Waals surface area (Å²) < 4.78 is 41.4. The molecule has 0 radical (unpaired) electrons. The van der Waals surface area contributed by atoms with E-state index in [1.54, 1.807) is 20.9 Å². The zero-order valence-corrected chi connectivity index (χ0v) is 11.9. The topological polar surface area (TPSA) is 41.6 Å². The lowest BCUT2D eigenvalue weighted by Gasteiger charge is -2.32. The highest BCUT2D eigenvalue weighted by molar-refractivity contribution is 5.80. The second-order valence-electron chi connectivity index (χ2n) is 4.69. The smallest absolute Gasteiger partial charge is 0.390 e. The molecule has 0 saturated heterocycles. The van der Waals surface area contributed by atoms with E-state index < -0.39 is 24.1 Å². The third kappa shape index (κ3) is 7.37. The van der Waals surface area contributed by atoms with Crippen LogP contribution >= 0.6 is 0 Å². The number of likely N-dealkylation sites (N-methyl/N-ethyl adjacent to an activating group) is 2. The van der Waals surface area contributed by atoms with Crippen LogP contribution in [0.25, 0.3) is 0 Å². The molecular weight excluding hydrogens is 261 g/mol. The van der Waals surface area contributed by atoms with Gasteiger partial charge in [0.2, 0.25) is 0 Å². The SMILES string of the molecule is CCNC(C)(CN(C)CCC(F)(F)F)C(=O)OCC. The van der Waals surface area contributed by atoms with Gasteiger partial charge in [0.15, 0.2) is 0 Å². The van der Waals surface area contributed by atoms with Crippen molar-refractivity contribution in [3.8, 4) is 0 Å². The van der Waals surface area contributed by atoms with Crippen LogP contribution in [0.15, 0.2) is 0 Å². The summed E-state index contributed by atoms with van der Waals surface area (Å²) in [4.78, 5) is 13.3. The lowest BCUT2D eigenvalue weighted by atomic mass is 10.0. The summed E-state index contributed by atoms with van der Waals surface area (Å²) in [5.41, 5.74) is -0.995. The van der Waals surface area contributed by atoms with Gasteiger partial charge in [0.05, 0.1) is 13.0 Å². The molecular formula is C12H23F3N2O2.